The Labute approximate surface area is 108 Å². The van der Waals surface area contributed by atoms with Gasteiger partial charge in [-0.25, -0.2) is 0 Å². The summed E-state index contributed by atoms with van der Waals surface area (Å²) in [4.78, 5) is 16.5. The lowest BCUT2D eigenvalue weighted by molar-refractivity contribution is 0.0763. The molecular weight excluding hydrogens is 226 g/mol. The summed E-state index contributed by atoms with van der Waals surface area (Å²) in [5.74, 6) is 0.133. The predicted octanol–water partition coefficient (Wildman–Crippen LogP) is 0.923. The van der Waals surface area contributed by atoms with Crippen LogP contribution in [0.4, 0.5) is 0 Å². The van der Waals surface area contributed by atoms with Crippen molar-refractivity contribution in [1.29, 1.82) is 0 Å². The minimum atomic E-state index is 0.133. The maximum absolute atomic E-state index is 12.3. The SMILES string of the molecule is CN1CCCN(C(=O)c2ccc(CN)cc2)CC1. The normalized spacial score (nSPS) is 17.6. The minimum absolute atomic E-state index is 0.133. The molecule has 1 fully saturated rings. The van der Waals surface area contributed by atoms with E-state index in [-0.39, 0.29) is 5.91 Å². The van der Waals surface area contributed by atoms with Crippen LogP contribution >= 0.6 is 0 Å². The van der Waals surface area contributed by atoms with Crippen LogP contribution in [0.25, 0.3) is 0 Å². The molecule has 0 aromatic heterocycles. The summed E-state index contributed by atoms with van der Waals surface area (Å²) in [6, 6.07) is 7.60. The van der Waals surface area contributed by atoms with Crippen LogP contribution in [0.5, 0.6) is 0 Å². The Bertz CT molecular complexity index is 402. The van der Waals surface area contributed by atoms with Crippen molar-refractivity contribution in [1.82, 2.24) is 9.80 Å². The van der Waals surface area contributed by atoms with Crippen LogP contribution in [-0.2, 0) is 6.54 Å². The number of carbonyl (C=O) groups excluding carboxylic acids is 1. The lowest BCUT2D eigenvalue weighted by Gasteiger charge is -2.20. The molecule has 0 aliphatic carbocycles. The highest BCUT2D eigenvalue weighted by atomic mass is 16.2. The third-order valence-electron chi connectivity index (χ3n) is 3.44. The first kappa shape index (κ1) is 13.1. The van der Waals surface area contributed by atoms with Crippen molar-refractivity contribution in [3.05, 3.63) is 35.4 Å². The second kappa shape index (κ2) is 5.98. The quantitative estimate of drug-likeness (QED) is 0.845. The van der Waals surface area contributed by atoms with E-state index in [4.69, 9.17) is 5.73 Å². The summed E-state index contributed by atoms with van der Waals surface area (Å²) < 4.78 is 0. The molecule has 0 spiro atoms. The minimum Gasteiger partial charge on any atom is -0.337 e. The second-order valence-electron chi connectivity index (χ2n) is 4.85. The van der Waals surface area contributed by atoms with E-state index in [9.17, 15) is 4.79 Å². The van der Waals surface area contributed by atoms with Gasteiger partial charge in [0, 0.05) is 31.7 Å². The Morgan fingerprint density at radius 1 is 1.17 bits per heavy atom. The first-order valence-electron chi connectivity index (χ1n) is 6.47. The number of nitrogens with two attached hydrogens (primary N) is 1. The van der Waals surface area contributed by atoms with Crippen LogP contribution < -0.4 is 5.73 Å². The molecule has 0 saturated carbocycles. The summed E-state index contributed by atoms with van der Waals surface area (Å²) >= 11 is 0. The number of benzene rings is 1. The van der Waals surface area contributed by atoms with Crippen molar-refractivity contribution < 1.29 is 4.79 Å². The Balaban J connectivity index is 2.05. The number of hydrogen-bond donors (Lipinski definition) is 1. The summed E-state index contributed by atoms with van der Waals surface area (Å²) in [6.45, 7) is 4.20. The van der Waals surface area contributed by atoms with E-state index in [0.29, 0.717) is 6.54 Å². The highest BCUT2D eigenvalue weighted by molar-refractivity contribution is 5.94. The van der Waals surface area contributed by atoms with Crippen LogP contribution in [-0.4, -0.2) is 48.9 Å². The third kappa shape index (κ3) is 3.09. The Morgan fingerprint density at radius 2 is 1.89 bits per heavy atom. The van der Waals surface area contributed by atoms with Gasteiger partial charge < -0.3 is 15.5 Å². The van der Waals surface area contributed by atoms with Crippen molar-refractivity contribution in [2.45, 2.75) is 13.0 Å². The lowest BCUT2D eigenvalue weighted by atomic mass is 10.1. The van der Waals surface area contributed by atoms with Gasteiger partial charge in [0.1, 0.15) is 0 Å². The second-order valence-corrected chi connectivity index (χ2v) is 4.85. The highest BCUT2D eigenvalue weighted by Crippen LogP contribution is 2.10. The van der Waals surface area contributed by atoms with Gasteiger partial charge in [-0.05, 0) is 37.7 Å². The van der Waals surface area contributed by atoms with Crippen molar-refractivity contribution in [2.75, 3.05) is 33.2 Å². The van der Waals surface area contributed by atoms with Gasteiger partial charge in [0.25, 0.3) is 5.91 Å². The van der Waals surface area contributed by atoms with Crippen LogP contribution in [0.2, 0.25) is 0 Å². The Kier molecular flexibility index (Phi) is 4.33. The Hall–Kier alpha value is -1.39. The number of likely N-dealkylation sites (N-methyl/N-ethyl adjacent to an activating group) is 1. The van der Waals surface area contributed by atoms with E-state index < -0.39 is 0 Å². The topological polar surface area (TPSA) is 49.6 Å². The van der Waals surface area contributed by atoms with E-state index in [1.165, 1.54) is 0 Å². The molecule has 1 saturated heterocycles. The molecule has 4 nitrogen and oxygen atoms in total. The van der Waals surface area contributed by atoms with Crippen molar-refractivity contribution in [3.63, 3.8) is 0 Å². The molecule has 1 aliphatic heterocycles. The fraction of sp³-hybridized carbons (Fsp3) is 0.500. The average Bonchev–Trinajstić information content (AvgIpc) is 2.63. The molecule has 0 radical (unpaired) electrons. The van der Waals surface area contributed by atoms with E-state index in [0.717, 1.165) is 43.7 Å². The van der Waals surface area contributed by atoms with Gasteiger partial charge in [0.05, 0.1) is 0 Å². The van der Waals surface area contributed by atoms with Crippen LogP contribution in [0.15, 0.2) is 24.3 Å². The number of rotatable bonds is 2. The largest absolute Gasteiger partial charge is 0.337 e. The van der Waals surface area contributed by atoms with E-state index in [1.807, 2.05) is 29.2 Å². The molecule has 1 amide bonds. The first-order chi connectivity index (χ1) is 8.70. The van der Waals surface area contributed by atoms with Gasteiger partial charge in [0.15, 0.2) is 0 Å². The fourth-order valence-corrected chi connectivity index (χ4v) is 2.22. The predicted molar refractivity (Wildman–Crippen MR) is 72.4 cm³/mol. The number of nitrogens with zero attached hydrogens (tertiary/aromatic N) is 2. The zero-order chi connectivity index (χ0) is 13.0. The molecule has 1 heterocycles. The molecule has 18 heavy (non-hydrogen) atoms. The van der Waals surface area contributed by atoms with E-state index in [2.05, 4.69) is 11.9 Å². The van der Waals surface area contributed by atoms with Gasteiger partial charge in [-0.3, -0.25) is 4.79 Å². The van der Waals surface area contributed by atoms with Gasteiger partial charge in [-0.2, -0.15) is 0 Å². The number of amides is 1. The monoisotopic (exact) mass is 247 g/mol. The molecule has 1 aliphatic rings. The van der Waals surface area contributed by atoms with Gasteiger partial charge in [0.2, 0.25) is 0 Å². The zero-order valence-corrected chi connectivity index (χ0v) is 10.9. The lowest BCUT2D eigenvalue weighted by Crippen LogP contribution is -2.34. The van der Waals surface area contributed by atoms with Crippen LogP contribution in [0.3, 0.4) is 0 Å². The Morgan fingerprint density at radius 3 is 2.56 bits per heavy atom. The van der Waals surface area contributed by atoms with Gasteiger partial charge in [-0.15, -0.1) is 0 Å². The van der Waals surface area contributed by atoms with Crippen molar-refractivity contribution in [2.24, 2.45) is 5.73 Å². The molecule has 2 N–H and O–H groups in total. The molecular formula is C14H21N3O. The van der Waals surface area contributed by atoms with Crippen LogP contribution in [0.1, 0.15) is 22.3 Å². The van der Waals surface area contributed by atoms with E-state index >= 15 is 0 Å². The molecule has 1 aromatic rings. The molecule has 0 atom stereocenters. The number of carbonyl (C=O) groups is 1. The molecule has 4 heteroatoms. The van der Waals surface area contributed by atoms with E-state index in [1.54, 1.807) is 0 Å². The maximum Gasteiger partial charge on any atom is 0.253 e. The zero-order valence-electron chi connectivity index (χ0n) is 10.9. The molecule has 1 aromatic carbocycles. The fourth-order valence-electron chi connectivity index (χ4n) is 2.22. The van der Waals surface area contributed by atoms with Crippen molar-refractivity contribution >= 4 is 5.91 Å². The summed E-state index contributed by atoms with van der Waals surface area (Å²) in [5, 5.41) is 0. The summed E-state index contributed by atoms with van der Waals surface area (Å²) in [6.07, 6.45) is 1.04. The third-order valence-corrected chi connectivity index (χ3v) is 3.44. The highest BCUT2D eigenvalue weighted by Gasteiger charge is 2.18. The van der Waals surface area contributed by atoms with Gasteiger partial charge >= 0.3 is 0 Å². The smallest absolute Gasteiger partial charge is 0.253 e. The number of hydrogen-bond acceptors (Lipinski definition) is 3. The standard InChI is InChI=1S/C14H21N3O/c1-16-7-2-8-17(10-9-16)14(18)13-5-3-12(11-15)4-6-13/h3-6H,2,7-11,15H2,1H3. The average molecular weight is 247 g/mol. The molecule has 0 unspecified atom stereocenters. The van der Waals surface area contributed by atoms with Crippen LogP contribution in [0, 0.1) is 0 Å². The first-order valence-corrected chi connectivity index (χ1v) is 6.47. The van der Waals surface area contributed by atoms with Crippen molar-refractivity contribution in [3.8, 4) is 0 Å². The van der Waals surface area contributed by atoms with Gasteiger partial charge in [-0.1, -0.05) is 12.1 Å². The maximum atomic E-state index is 12.3. The molecule has 0 bridgehead atoms. The molecule has 2 rings (SSSR count). The summed E-state index contributed by atoms with van der Waals surface area (Å²) in [5.41, 5.74) is 7.37. The molecule has 98 valence electrons. The summed E-state index contributed by atoms with van der Waals surface area (Å²) in [7, 11) is 2.10.